The van der Waals surface area contributed by atoms with Crippen molar-refractivity contribution in [2.75, 3.05) is 20.3 Å². The fourth-order valence-corrected chi connectivity index (χ4v) is 1.16. The molecule has 0 heterocycles. The van der Waals surface area contributed by atoms with Crippen molar-refractivity contribution < 1.29 is 28.6 Å². The average molecular weight is 258 g/mol. The van der Waals surface area contributed by atoms with E-state index in [-0.39, 0.29) is 19.6 Å². The van der Waals surface area contributed by atoms with Crippen LogP contribution in [0.2, 0.25) is 0 Å². The van der Waals surface area contributed by atoms with Gasteiger partial charge in [-0.2, -0.15) is 0 Å². The van der Waals surface area contributed by atoms with E-state index >= 15 is 0 Å². The Morgan fingerprint density at radius 2 is 1.67 bits per heavy atom. The van der Waals surface area contributed by atoms with Crippen LogP contribution in [0, 0.1) is 5.92 Å². The zero-order valence-electron chi connectivity index (χ0n) is 10.8. The molecular formula is C12H18O6. The van der Waals surface area contributed by atoms with Gasteiger partial charge in [0.2, 0.25) is 0 Å². The minimum atomic E-state index is -1.05. The van der Waals surface area contributed by atoms with Gasteiger partial charge in [-0.1, -0.05) is 6.08 Å². The zero-order valence-corrected chi connectivity index (χ0v) is 10.8. The third-order valence-corrected chi connectivity index (χ3v) is 1.97. The van der Waals surface area contributed by atoms with Gasteiger partial charge in [0.25, 0.3) is 0 Å². The number of carbonyl (C=O) groups excluding carboxylic acids is 3. The van der Waals surface area contributed by atoms with Gasteiger partial charge in [0.1, 0.15) is 0 Å². The Hall–Kier alpha value is -1.85. The molecular weight excluding hydrogens is 240 g/mol. The molecule has 1 unspecified atom stereocenters. The first-order valence-electron chi connectivity index (χ1n) is 5.64. The summed E-state index contributed by atoms with van der Waals surface area (Å²) in [5, 5.41) is 0. The van der Waals surface area contributed by atoms with E-state index < -0.39 is 23.8 Å². The van der Waals surface area contributed by atoms with Gasteiger partial charge in [-0.3, -0.25) is 9.59 Å². The van der Waals surface area contributed by atoms with Gasteiger partial charge in [-0.15, -0.1) is 0 Å². The monoisotopic (exact) mass is 258 g/mol. The van der Waals surface area contributed by atoms with Gasteiger partial charge < -0.3 is 14.2 Å². The summed E-state index contributed by atoms with van der Waals surface area (Å²) in [6, 6.07) is 0. The zero-order chi connectivity index (χ0) is 14.0. The molecule has 102 valence electrons. The molecule has 6 nitrogen and oxygen atoms in total. The molecule has 0 aliphatic heterocycles. The summed E-state index contributed by atoms with van der Waals surface area (Å²) in [5.41, 5.74) is 0. The smallest absolute Gasteiger partial charge is 0.330 e. The molecule has 0 aliphatic rings. The molecule has 1 atom stereocenters. The van der Waals surface area contributed by atoms with Crippen molar-refractivity contribution in [1.82, 2.24) is 0 Å². The number of ether oxygens (including phenoxy) is 3. The van der Waals surface area contributed by atoms with Gasteiger partial charge >= 0.3 is 17.9 Å². The second kappa shape index (κ2) is 9.21. The predicted molar refractivity (Wildman–Crippen MR) is 62.5 cm³/mol. The van der Waals surface area contributed by atoms with Crippen LogP contribution in [0.3, 0.4) is 0 Å². The standard InChI is InChI=1S/C12H18O6/c1-4-17-10(13)8-6-7-9(11(14)16-3)12(15)18-5-2/h6,8-9H,4-5,7H2,1-3H3/b8-6+. The number of hydrogen-bond acceptors (Lipinski definition) is 6. The van der Waals surface area contributed by atoms with E-state index in [9.17, 15) is 14.4 Å². The molecule has 0 N–H and O–H groups in total. The molecule has 0 aromatic carbocycles. The lowest BCUT2D eigenvalue weighted by Gasteiger charge is -2.10. The summed E-state index contributed by atoms with van der Waals surface area (Å²) >= 11 is 0. The summed E-state index contributed by atoms with van der Waals surface area (Å²) in [6.07, 6.45) is 2.58. The lowest BCUT2D eigenvalue weighted by Crippen LogP contribution is -2.26. The molecule has 0 saturated heterocycles. The highest BCUT2D eigenvalue weighted by atomic mass is 16.5. The molecule has 0 spiro atoms. The highest BCUT2D eigenvalue weighted by Crippen LogP contribution is 2.09. The third-order valence-electron chi connectivity index (χ3n) is 1.97. The molecule has 6 heteroatoms. The molecule has 0 radical (unpaired) electrons. The van der Waals surface area contributed by atoms with Crippen LogP contribution in [-0.2, 0) is 28.6 Å². The molecule has 18 heavy (non-hydrogen) atoms. The Labute approximate surface area is 106 Å². The average Bonchev–Trinajstić information content (AvgIpc) is 2.34. The number of allylic oxidation sites excluding steroid dienone is 1. The van der Waals surface area contributed by atoms with E-state index in [0.29, 0.717) is 0 Å². The van der Waals surface area contributed by atoms with E-state index in [0.717, 1.165) is 0 Å². The second-order valence-corrected chi connectivity index (χ2v) is 3.22. The molecule has 0 amide bonds. The predicted octanol–water partition coefficient (Wildman–Crippen LogP) is 0.848. The van der Waals surface area contributed by atoms with Crippen LogP contribution in [0.4, 0.5) is 0 Å². The maximum atomic E-state index is 11.5. The molecule has 0 aromatic heterocycles. The van der Waals surface area contributed by atoms with Crippen LogP contribution in [-0.4, -0.2) is 38.2 Å². The Balaban J connectivity index is 4.46. The molecule has 0 bridgehead atoms. The van der Waals surface area contributed by atoms with Gasteiger partial charge in [0, 0.05) is 6.08 Å². The van der Waals surface area contributed by atoms with Crippen LogP contribution >= 0.6 is 0 Å². The van der Waals surface area contributed by atoms with Crippen molar-refractivity contribution in [3.05, 3.63) is 12.2 Å². The maximum Gasteiger partial charge on any atom is 0.330 e. The lowest BCUT2D eigenvalue weighted by molar-refractivity contribution is -0.160. The van der Waals surface area contributed by atoms with Crippen molar-refractivity contribution in [3.8, 4) is 0 Å². The first-order valence-corrected chi connectivity index (χ1v) is 5.64. The lowest BCUT2D eigenvalue weighted by atomic mass is 10.1. The highest BCUT2D eigenvalue weighted by molar-refractivity contribution is 5.95. The Bertz CT molecular complexity index is 321. The number of rotatable bonds is 7. The van der Waals surface area contributed by atoms with E-state index in [1.807, 2.05) is 0 Å². The number of esters is 3. The third kappa shape index (κ3) is 6.03. The molecule has 0 aromatic rings. The van der Waals surface area contributed by atoms with Gasteiger partial charge in [-0.05, 0) is 20.3 Å². The van der Waals surface area contributed by atoms with Crippen LogP contribution in [0.5, 0.6) is 0 Å². The van der Waals surface area contributed by atoms with Crippen molar-refractivity contribution in [2.45, 2.75) is 20.3 Å². The first-order chi connectivity index (χ1) is 8.56. The minimum absolute atomic E-state index is 0.0321. The van der Waals surface area contributed by atoms with Gasteiger partial charge in [0.15, 0.2) is 5.92 Å². The highest BCUT2D eigenvalue weighted by Gasteiger charge is 2.27. The number of carbonyl (C=O) groups is 3. The number of hydrogen-bond donors (Lipinski definition) is 0. The minimum Gasteiger partial charge on any atom is -0.468 e. The first kappa shape index (κ1) is 16.1. The topological polar surface area (TPSA) is 78.9 Å². The van der Waals surface area contributed by atoms with Crippen LogP contribution in [0.25, 0.3) is 0 Å². The second-order valence-electron chi connectivity index (χ2n) is 3.22. The summed E-state index contributed by atoms with van der Waals surface area (Å²) in [7, 11) is 1.18. The van der Waals surface area contributed by atoms with Crippen molar-refractivity contribution in [2.24, 2.45) is 5.92 Å². The van der Waals surface area contributed by atoms with E-state index in [2.05, 4.69) is 9.47 Å². The van der Waals surface area contributed by atoms with E-state index in [4.69, 9.17) is 4.74 Å². The van der Waals surface area contributed by atoms with E-state index in [1.165, 1.54) is 19.3 Å². The Kier molecular flexibility index (Phi) is 8.26. The fraction of sp³-hybridized carbons (Fsp3) is 0.583. The van der Waals surface area contributed by atoms with Crippen molar-refractivity contribution >= 4 is 17.9 Å². The van der Waals surface area contributed by atoms with Gasteiger partial charge in [-0.25, -0.2) is 4.79 Å². The SMILES string of the molecule is CCOC(=O)/C=C/CC(C(=O)OC)C(=O)OCC. The molecule has 0 saturated carbocycles. The summed E-state index contributed by atoms with van der Waals surface area (Å²) in [6.45, 7) is 3.76. The Morgan fingerprint density at radius 3 is 2.17 bits per heavy atom. The summed E-state index contributed by atoms with van der Waals surface area (Å²) < 4.78 is 13.9. The molecule has 0 fully saturated rings. The van der Waals surface area contributed by atoms with Gasteiger partial charge in [0.05, 0.1) is 20.3 Å². The van der Waals surface area contributed by atoms with Crippen LogP contribution in [0.1, 0.15) is 20.3 Å². The normalized spacial score (nSPS) is 11.9. The maximum absolute atomic E-state index is 11.5. The quantitative estimate of drug-likeness (QED) is 0.291. The number of methoxy groups -OCH3 is 1. The fourth-order valence-electron chi connectivity index (χ4n) is 1.16. The van der Waals surface area contributed by atoms with Crippen molar-refractivity contribution in [1.29, 1.82) is 0 Å². The Morgan fingerprint density at radius 1 is 1.06 bits per heavy atom. The largest absolute Gasteiger partial charge is 0.468 e. The summed E-state index contributed by atoms with van der Waals surface area (Å²) in [5.74, 6) is -2.94. The summed E-state index contributed by atoms with van der Waals surface area (Å²) in [4.78, 5) is 33.8. The molecule has 0 rings (SSSR count). The van der Waals surface area contributed by atoms with Crippen LogP contribution < -0.4 is 0 Å². The van der Waals surface area contributed by atoms with Crippen molar-refractivity contribution in [3.63, 3.8) is 0 Å². The molecule has 0 aliphatic carbocycles. The van der Waals surface area contributed by atoms with E-state index in [1.54, 1.807) is 13.8 Å². The van der Waals surface area contributed by atoms with Crippen LogP contribution in [0.15, 0.2) is 12.2 Å².